The van der Waals surface area contributed by atoms with E-state index in [9.17, 15) is 9.59 Å². The highest BCUT2D eigenvalue weighted by molar-refractivity contribution is 5.85. The molecule has 2 heterocycles. The maximum atomic E-state index is 12.0. The second-order valence-electron chi connectivity index (χ2n) is 5.41. The van der Waals surface area contributed by atoms with E-state index in [2.05, 4.69) is 5.32 Å². The van der Waals surface area contributed by atoms with Crippen molar-refractivity contribution in [1.29, 1.82) is 0 Å². The second kappa shape index (κ2) is 7.81. The molecule has 3 N–H and O–H groups in total. The molecular formula is C13H24ClN3O3. The van der Waals surface area contributed by atoms with Crippen LogP contribution in [-0.2, 0) is 14.3 Å². The first-order valence-corrected chi connectivity index (χ1v) is 7.04. The molecule has 6 nitrogen and oxygen atoms in total. The summed E-state index contributed by atoms with van der Waals surface area (Å²) < 4.78 is 5.55. The summed E-state index contributed by atoms with van der Waals surface area (Å²) >= 11 is 0. The van der Waals surface area contributed by atoms with Gasteiger partial charge < -0.3 is 20.7 Å². The van der Waals surface area contributed by atoms with E-state index in [-0.39, 0.29) is 42.5 Å². The lowest BCUT2D eigenvalue weighted by molar-refractivity contribution is -0.133. The topological polar surface area (TPSA) is 84.7 Å². The van der Waals surface area contributed by atoms with E-state index in [0.717, 1.165) is 25.8 Å². The quantitative estimate of drug-likeness (QED) is 0.751. The lowest BCUT2D eigenvalue weighted by atomic mass is 10.2. The molecule has 2 saturated heterocycles. The highest BCUT2D eigenvalue weighted by Gasteiger charge is 2.31. The summed E-state index contributed by atoms with van der Waals surface area (Å²) in [5, 5.41) is 2.92. The van der Waals surface area contributed by atoms with Gasteiger partial charge in [0.05, 0.1) is 6.10 Å². The predicted octanol–water partition coefficient (Wildman–Crippen LogP) is 0.0416. The SMILES string of the molecule is CC(CN1CCCC1=O)NC(=O)[C@@H]1CC[C@H](CN)O1.Cl. The number of nitrogens with two attached hydrogens (primary N) is 1. The fourth-order valence-corrected chi connectivity index (χ4v) is 2.68. The molecule has 0 aromatic carbocycles. The minimum atomic E-state index is -0.384. The molecule has 2 rings (SSSR count). The molecular weight excluding hydrogens is 282 g/mol. The Labute approximate surface area is 125 Å². The Morgan fingerprint density at radius 1 is 1.55 bits per heavy atom. The fraction of sp³-hybridized carbons (Fsp3) is 0.846. The number of rotatable bonds is 5. The highest BCUT2D eigenvalue weighted by atomic mass is 35.5. The molecule has 0 aromatic rings. The molecule has 0 radical (unpaired) electrons. The zero-order valence-corrected chi connectivity index (χ0v) is 12.7. The standard InChI is InChI=1S/C13H23N3O3.ClH/c1-9(8-16-6-2-3-12(16)17)15-13(18)11-5-4-10(7-14)19-11;/h9-11H,2-8,14H2,1H3,(H,15,18);1H/t9?,10-,11+;/m1./s1. The van der Waals surface area contributed by atoms with E-state index in [1.807, 2.05) is 11.8 Å². The van der Waals surface area contributed by atoms with Crippen LogP contribution in [0.3, 0.4) is 0 Å². The Kier molecular flexibility index (Phi) is 6.71. The lowest BCUT2D eigenvalue weighted by Gasteiger charge is -2.23. The van der Waals surface area contributed by atoms with Gasteiger partial charge in [0.25, 0.3) is 0 Å². The third-order valence-electron chi connectivity index (χ3n) is 3.72. The van der Waals surface area contributed by atoms with Crippen molar-refractivity contribution in [3.63, 3.8) is 0 Å². The van der Waals surface area contributed by atoms with Crippen LogP contribution < -0.4 is 11.1 Å². The van der Waals surface area contributed by atoms with Crippen LogP contribution in [0.5, 0.6) is 0 Å². The molecule has 0 aliphatic carbocycles. The van der Waals surface area contributed by atoms with Gasteiger partial charge in [-0.25, -0.2) is 0 Å². The van der Waals surface area contributed by atoms with E-state index >= 15 is 0 Å². The number of hydrogen-bond donors (Lipinski definition) is 2. The molecule has 2 fully saturated rings. The zero-order chi connectivity index (χ0) is 13.8. The Hall–Kier alpha value is -0.850. The number of carbonyl (C=O) groups excluding carboxylic acids is 2. The first-order valence-electron chi connectivity index (χ1n) is 7.04. The van der Waals surface area contributed by atoms with Crippen LogP contribution in [0.1, 0.15) is 32.6 Å². The van der Waals surface area contributed by atoms with E-state index in [1.54, 1.807) is 0 Å². The number of likely N-dealkylation sites (tertiary alicyclic amines) is 1. The van der Waals surface area contributed by atoms with Crippen molar-refractivity contribution in [2.24, 2.45) is 5.73 Å². The average Bonchev–Trinajstić information content (AvgIpc) is 2.99. The highest BCUT2D eigenvalue weighted by Crippen LogP contribution is 2.19. The number of amides is 2. The second-order valence-corrected chi connectivity index (χ2v) is 5.41. The molecule has 3 atom stereocenters. The Balaban J connectivity index is 0.00000200. The summed E-state index contributed by atoms with van der Waals surface area (Å²) in [6.07, 6.45) is 2.74. The average molecular weight is 306 g/mol. The van der Waals surface area contributed by atoms with Crippen LogP contribution in [0, 0.1) is 0 Å². The fourth-order valence-electron chi connectivity index (χ4n) is 2.68. The van der Waals surface area contributed by atoms with Crippen LogP contribution in [-0.4, -0.2) is 54.6 Å². The van der Waals surface area contributed by atoms with Gasteiger partial charge in [-0.1, -0.05) is 0 Å². The van der Waals surface area contributed by atoms with Crippen LogP contribution >= 0.6 is 12.4 Å². The first-order chi connectivity index (χ1) is 9.10. The third kappa shape index (κ3) is 4.33. The number of hydrogen-bond acceptors (Lipinski definition) is 4. The van der Waals surface area contributed by atoms with Crippen molar-refractivity contribution in [3.05, 3.63) is 0 Å². The maximum Gasteiger partial charge on any atom is 0.249 e. The van der Waals surface area contributed by atoms with Crippen LogP contribution in [0.4, 0.5) is 0 Å². The molecule has 2 aliphatic heterocycles. The van der Waals surface area contributed by atoms with Gasteiger partial charge in [0, 0.05) is 32.1 Å². The minimum absolute atomic E-state index is 0. The van der Waals surface area contributed by atoms with E-state index in [1.165, 1.54) is 0 Å². The van der Waals surface area contributed by atoms with Crippen molar-refractivity contribution < 1.29 is 14.3 Å². The van der Waals surface area contributed by atoms with Gasteiger partial charge in [0.2, 0.25) is 11.8 Å². The molecule has 2 amide bonds. The minimum Gasteiger partial charge on any atom is -0.364 e. The molecule has 7 heteroatoms. The van der Waals surface area contributed by atoms with Gasteiger partial charge in [-0.15, -0.1) is 12.4 Å². The predicted molar refractivity (Wildman–Crippen MR) is 77.6 cm³/mol. The summed E-state index contributed by atoms with van der Waals surface area (Å²) in [6, 6.07) is -0.0462. The molecule has 2 aliphatic rings. The largest absolute Gasteiger partial charge is 0.364 e. The Bertz CT molecular complexity index is 354. The Morgan fingerprint density at radius 3 is 2.85 bits per heavy atom. The van der Waals surface area contributed by atoms with Gasteiger partial charge in [0.1, 0.15) is 6.10 Å². The van der Waals surface area contributed by atoms with E-state index < -0.39 is 0 Å². The van der Waals surface area contributed by atoms with Crippen molar-refractivity contribution in [2.75, 3.05) is 19.6 Å². The number of nitrogens with zero attached hydrogens (tertiary/aromatic N) is 1. The van der Waals surface area contributed by atoms with Gasteiger partial charge >= 0.3 is 0 Å². The molecule has 0 saturated carbocycles. The van der Waals surface area contributed by atoms with Gasteiger partial charge in [0.15, 0.2) is 0 Å². The third-order valence-corrected chi connectivity index (χ3v) is 3.72. The van der Waals surface area contributed by atoms with E-state index in [4.69, 9.17) is 10.5 Å². The van der Waals surface area contributed by atoms with Crippen LogP contribution in [0.2, 0.25) is 0 Å². The van der Waals surface area contributed by atoms with Crippen molar-refractivity contribution in [2.45, 2.75) is 50.9 Å². The molecule has 0 aromatic heterocycles. The van der Waals surface area contributed by atoms with Crippen molar-refractivity contribution in [1.82, 2.24) is 10.2 Å². The summed E-state index contributed by atoms with van der Waals surface area (Å²) in [6.45, 7) is 3.76. The normalized spacial score (nSPS) is 27.3. The van der Waals surface area contributed by atoms with Gasteiger partial charge in [-0.3, -0.25) is 9.59 Å². The molecule has 116 valence electrons. The summed E-state index contributed by atoms with van der Waals surface area (Å²) in [4.78, 5) is 25.3. The monoisotopic (exact) mass is 305 g/mol. The number of ether oxygens (including phenoxy) is 1. The summed E-state index contributed by atoms with van der Waals surface area (Å²) in [5.74, 6) is 0.0940. The molecule has 20 heavy (non-hydrogen) atoms. The Morgan fingerprint density at radius 2 is 2.30 bits per heavy atom. The van der Waals surface area contributed by atoms with Crippen LogP contribution in [0.15, 0.2) is 0 Å². The number of nitrogens with one attached hydrogen (secondary N) is 1. The molecule has 0 spiro atoms. The summed E-state index contributed by atoms with van der Waals surface area (Å²) in [7, 11) is 0. The number of halogens is 1. The molecule has 0 bridgehead atoms. The van der Waals surface area contributed by atoms with Crippen molar-refractivity contribution >= 4 is 24.2 Å². The first kappa shape index (κ1) is 17.2. The molecule has 1 unspecified atom stereocenters. The van der Waals surface area contributed by atoms with Gasteiger partial charge in [-0.2, -0.15) is 0 Å². The lowest BCUT2D eigenvalue weighted by Crippen LogP contribution is -2.46. The number of carbonyl (C=O) groups is 2. The smallest absolute Gasteiger partial charge is 0.249 e. The van der Waals surface area contributed by atoms with Gasteiger partial charge in [-0.05, 0) is 26.2 Å². The zero-order valence-electron chi connectivity index (χ0n) is 11.8. The van der Waals surface area contributed by atoms with E-state index in [0.29, 0.717) is 19.5 Å². The van der Waals surface area contributed by atoms with Crippen molar-refractivity contribution in [3.8, 4) is 0 Å². The van der Waals surface area contributed by atoms with Crippen LogP contribution in [0.25, 0.3) is 0 Å². The summed E-state index contributed by atoms with van der Waals surface area (Å²) in [5.41, 5.74) is 5.52. The maximum absolute atomic E-state index is 12.0.